The molecule has 1 aliphatic rings. The van der Waals surface area contributed by atoms with Gasteiger partial charge in [0.2, 0.25) is 12.2 Å². The summed E-state index contributed by atoms with van der Waals surface area (Å²) in [4.78, 5) is 25.3. The van der Waals surface area contributed by atoms with E-state index in [9.17, 15) is 24.9 Å². The molecule has 5 atom stereocenters. The van der Waals surface area contributed by atoms with Crippen LogP contribution in [0, 0.1) is 0 Å². The Labute approximate surface area is 221 Å². The third-order valence-electron chi connectivity index (χ3n) is 5.99. The summed E-state index contributed by atoms with van der Waals surface area (Å²) < 4.78 is 17.9. The minimum atomic E-state index is -1.50. The minimum Gasteiger partial charge on any atom is -0.495 e. The van der Waals surface area contributed by atoms with Gasteiger partial charge in [-0.15, -0.1) is 0 Å². The second kappa shape index (κ2) is 11.4. The van der Waals surface area contributed by atoms with Crippen molar-refractivity contribution < 1.29 is 39.1 Å². The van der Waals surface area contributed by atoms with Crippen LogP contribution in [-0.4, -0.2) is 71.5 Å². The first-order valence-corrected chi connectivity index (χ1v) is 12.2. The summed E-state index contributed by atoms with van der Waals surface area (Å²) in [7, 11) is 1.49. The van der Waals surface area contributed by atoms with Crippen molar-refractivity contribution in [2.45, 2.75) is 37.6 Å². The Kier molecular flexibility index (Phi) is 8.30. The summed E-state index contributed by atoms with van der Waals surface area (Å²) in [5.74, 6) is -0.435. The second-order valence-corrected chi connectivity index (χ2v) is 9.46. The summed E-state index contributed by atoms with van der Waals surface area (Å²) in [6, 6.07) is 14.5. The zero-order valence-electron chi connectivity index (χ0n) is 20.1. The fourth-order valence-corrected chi connectivity index (χ4v) is 4.54. The van der Waals surface area contributed by atoms with Gasteiger partial charge in [0, 0.05) is 11.4 Å². The number of nitrogens with one attached hydrogen (secondary N) is 2. The molecule has 2 amide bonds. The standard InChI is InChI=1S/C26H27BrN2O8/c1-13(31)28-22-24(33)23(32)21(12-30)37-26(22)36-20-11-14-7-8-16(27)9-15(14)10-17(20)25(34)29-18-5-3-4-6-19(18)35-2/h3-11,21-24,26,30,32-33H,12H2,1-2H3,(H,28,31)(H,29,34)/t21-,22+,23+,24-,26+/m0/s1. The zero-order valence-corrected chi connectivity index (χ0v) is 21.6. The molecule has 0 aromatic heterocycles. The van der Waals surface area contributed by atoms with Gasteiger partial charge in [-0.25, -0.2) is 0 Å². The lowest BCUT2D eigenvalue weighted by atomic mass is 9.96. The second-order valence-electron chi connectivity index (χ2n) is 8.55. The highest BCUT2D eigenvalue weighted by molar-refractivity contribution is 9.10. The number of benzene rings is 3. The molecule has 37 heavy (non-hydrogen) atoms. The molecule has 1 aliphatic heterocycles. The summed E-state index contributed by atoms with van der Waals surface area (Å²) in [6.07, 6.45) is -5.47. The molecule has 5 N–H and O–H groups in total. The van der Waals surface area contributed by atoms with E-state index in [2.05, 4.69) is 26.6 Å². The molecule has 1 saturated heterocycles. The third kappa shape index (κ3) is 5.86. The lowest BCUT2D eigenvalue weighted by Gasteiger charge is -2.42. The Morgan fingerprint density at radius 1 is 1.03 bits per heavy atom. The SMILES string of the molecule is COc1ccccc1NC(=O)c1cc2cc(Br)ccc2cc1O[C@@H]1O[C@@H](CO)[C@@H](O)[C@@H](O)[C@H]1NC(C)=O. The van der Waals surface area contributed by atoms with Crippen molar-refractivity contribution in [3.8, 4) is 11.5 Å². The number of anilines is 1. The maximum atomic E-state index is 13.5. The van der Waals surface area contributed by atoms with Crippen LogP contribution in [0.5, 0.6) is 11.5 Å². The molecule has 11 heteroatoms. The van der Waals surface area contributed by atoms with Crippen LogP contribution >= 0.6 is 15.9 Å². The summed E-state index contributed by atoms with van der Waals surface area (Å²) in [5.41, 5.74) is 0.585. The molecular weight excluding hydrogens is 548 g/mol. The van der Waals surface area contributed by atoms with E-state index in [-0.39, 0.29) is 11.3 Å². The van der Waals surface area contributed by atoms with E-state index in [4.69, 9.17) is 14.2 Å². The normalized spacial score (nSPS) is 23.4. The van der Waals surface area contributed by atoms with Gasteiger partial charge in [-0.05, 0) is 47.2 Å². The van der Waals surface area contributed by atoms with Gasteiger partial charge in [0.1, 0.15) is 35.9 Å². The number of carbonyl (C=O) groups is 2. The zero-order chi connectivity index (χ0) is 26.7. The van der Waals surface area contributed by atoms with Crippen LogP contribution in [0.3, 0.4) is 0 Å². The Balaban J connectivity index is 1.75. The predicted octanol–water partition coefficient (Wildman–Crippen LogP) is 2.19. The van der Waals surface area contributed by atoms with Gasteiger partial charge in [-0.3, -0.25) is 9.59 Å². The highest BCUT2D eigenvalue weighted by atomic mass is 79.9. The molecule has 0 aliphatic carbocycles. The number of aliphatic hydroxyl groups is 3. The van der Waals surface area contributed by atoms with Crippen molar-refractivity contribution in [1.82, 2.24) is 5.32 Å². The van der Waals surface area contributed by atoms with Crippen molar-refractivity contribution >= 4 is 44.2 Å². The lowest BCUT2D eigenvalue weighted by Crippen LogP contribution is -2.65. The Morgan fingerprint density at radius 2 is 1.78 bits per heavy atom. The number of fused-ring (bicyclic) bond motifs is 1. The van der Waals surface area contributed by atoms with E-state index in [0.29, 0.717) is 11.4 Å². The number of hydrogen-bond acceptors (Lipinski definition) is 8. The monoisotopic (exact) mass is 574 g/mol. The van der Waals surface area contributed by atoms with Gasteiger partial charge in [-0.2, -0.15) is 0 Å². The quantitative estimate of drug-likeness (QED) is 0.288. The fraction of sp³-hybridized carbons (Fsp3) is 0.308. The number of amides is 2. The summed E-state index contributed by atoms with van der Waals surface area (Å²) in [6.45, 7) is 0.645. The highest BCUT2D eigenvalue weighted by Gasteiger charge is 2.46. The van der Waals surface area contributed by atoms with Crippen LogP contribution in [0.25, 0.3) is 10.8 Å². The van der Waals surface area contributed by atoms with Gasteiger partial charge in [0.25, 0.3) is 5.91 Å². The van der Waals surface area contributed by atoms with Gasteiger partial charge in [0.15, 0.2) is 0 Å². The van der Waals surface area contributed by atoms with Crippen LogP contribution in [0.15, 0.2) is 59.1 Å². The van der Waals surface area contributed by atoms with E-state index < -0.39 is 49.1 Å². The average molecular weight is 575 g/mol. The molecule has 1 fully saturated rings. The number of hydrogen-bond donors (Lipinski definition) is 5. The van der Waals surface area contributed by atoms with Crippen LogP contribution in [0.1, 0.15) is 17.3 Å². The van der Waals surface area contributed by atoms with Crippen molar-refractivity contribution in [1.29, 1.82) is 0 Å². The van der Waals surface area contributed by atoms with Crippen molar-refractivity contribution in [3.05, 3.63) is 64.6 Å². The molecular formula is C26H27BrN2O8. The molecule has 3 aromatic carbocycles. The number of ether oxygens (including phenoxy) is 3. The molecule has 0 unspecified atom stereocenters. The van der Waals surface area contributed by atoms with Gasteiger partial charge >= 0.3 is 0 Å². The molecule has 0 radical (unpaired) electrons. The third-order valence-corrected chi connectivity index (χ3v) is 6.49. The molecule has 196 valence electrons. The molecule has 10 nitrogen and oxygen atoms in total. The van der Waals surface area contributed by atoms with Crippen LogP contribution in [-0.2, 0) is 9.53 Å². The van der Waals surface area contributed by atoms with Crippen molar-refractivity contribution in [2.24, 2.45) is 0 Å². The lowest BCUT2D eigenvalue weighted by molar-refractivity contribution is -0.244. The number of carbonyl (C=O) groups excluding carboxylic acids is 2. The Morgan fingerprint density at radius 3 is 2.49 bits per heavy atom. The summed E-state index contributed by atoms with van der Waals surface area (Å²) in [5, 5.41) is 37.4. The molecule has 0 saturated carbocycles. The van der Waals surface area contributed by atoms with E-state index in [1.165, 1.54) is 14.0 Å². The molecule has 0 bridgehead atoms. The first-order chi connectivity index (χ1) is 17.7. The first kappa shape index (κ1) is 26.8. The first-order valence-electron chi connectivity index (χ1n) is 11.5. The number of rotatable bonds is 7. The van der Waals surface area contributed by atoms with Gasteiger partial charge < -0.3 is 40.2 Å². The van der Waals surface area contributed by atoms with Gasteiger partial charge in [0.05, 0.1) is 25.0 Å². The Hall–Kier alpha value is -3.22. The smallest absolute Gasteiger partial charge is 0.259 e. The average Bonchev–Trinajstić information content (AvgIpc) is 2.88. The van der Waals surface area contributed by atoms with E-state index in [1.54, 1.807) is 36.4 Å². The van der Waals surface area contributed by atoms with Crippen molar-refractivity contribution in [3.63, 3.8) is 0 Å². The number of aliphatic hydroxyl groups excluding tert-OH is 3. The molecule has 3 aromatic rings. The number of halogens is 1. The van der Waals surface area contributed by atoms with E-state index in [0.717, 1.165) is 15.2 Å². The van der Waals surface area contributed by atoms with Gasteiger partial charge in [-0.1, -0.05) is 34.1 Å². The van der Waals surface area contributed by atoms with Crippen molar-refractivity contribution in [2.75, 3.05) is 19.0 Å². The molecule has 1 heterocycles. The van der Waals surface area contributed by atoms with Crippen LogP contribution in [0.4, 0.5) is 5.69 Å². The maximum Gasteiger partial charge on any atom is 0.259 e. The fourth-order valence-electron chi connectivity index (χ4n) is 4.16. The topological polar surface area (TPSA) is 147 Å². The Bertz CT molecular complexity index is 1300. The number of methoxy groups -OCH3 is 1. The molecule has 4 rings (SSSR count). The number of para-hydroxylation sites is 2. The van der Waals surface area contributed by atoms with E-state index in [1.807, 2.05) is 18.2 Å². The predicted molar refractivity (Wildman–Crippen MR) is 139 cm³/mol. The molecule has 0 spiro atoms. The maximum absolute atomic E-state index is 13.5. The van der Waals surface area contributed by atoms with E-state index >= 15 is 0 Å². The van der Waals surface area contributed by atoms with Crippen LogP contribution < -0.4 is 20.1 Å². The highest BCUT2D eigenvalue weighted by Crippen LogP contribution is 2.33. The van der Waals surface area contributed by atoms with Crippen LogP contribution in [0.2, 0.25) is 0 Å². The summed E-state index contributed by atoms with van der Waals surface area (Å²) >= 11 is 3.44. The minimum absolute atomic E-state index is 0.0999. The largest absolute Gasteiger partial charge is 0.495 e.